The molecular formula is C28H31ClN6O3. The third-order valence-electron chi connectivity index (χ3n) is 6.71. The van der Waals surface area contributed by atoms with Gasteiger partial charge in [0.2, 0.25) is 5.91 Å². The van der Waals surface area contributed by atoms with Crippen LogP contribution in [0.4, 0.5) is 16.3 Å². The van der Waals surface area contributed by atoms with Gasteiger partial charge in [-0.25, -0.2) is 9.78 Å². The molecular weight excluding hydrogens is 504 g/mol. The van der Waals surface area contributed by atoms with E-state index in [0.29, 0.717) is 22.9 Å². The summed E-state index contributed by atoms with van der Waals surface area (Å²) in [4.78, 5) is 51.3. The van der Waals surface area contributed by atoms with Crippen LogP contribution in [-0.2, 0) is 16.0 Å². The average Bonchev–Trinajstić information content (AvgIpc) is 2.89. The van der Waals surface area contributed by atoms with Crippen molar-refractivity contribution in [1.29, 1.82) is 0 Å². The van der Waals surface area contributed by atoms with Crippen molar-refractivity contribution in [2.75, 3.05) is 17.7 Å². The van der Waals surface area contributed by atoms with Crippen LogP contribution in [0.25, 0.3) is 0 Å². The summed E-state index contributed by atoms with van der Waals surface area (Å²) in [5, 5.41) is 3.51. The number of likely N-dealkylation sites (N-methyl/N-ethyl adjacent to an activating group) is 1. The first-order valence-electron chi connectivity index (χ1n) is 12.5. The summed E-state index contributed by atoms with van der Waals surface area (Å²) in [5.74, 6) is -1.19. The lowest BCUT2D eigenvalue weighted by Gasteiger charge is -2.46. The molecule has 0 spiro atoms. The molecule has 9 nitrogen and oxygen atoms in total. The number of aromatic nitrogens is 2. The maximum atomic E-state index is 13.8. The van der Waals surface area contributed by atoms with Crippen LogP contribution >= 0.6 is 11.6 Å². The molecule has 3 N–H and O–H groups in total. The molecule has 0 bridgehead atoms. The lowest BCUT2D eigenvalue weighted by atomic mass is 9.81. The highest BCUT2D eigenvalue weighted by Gasteiger charge is 2.55. The van der Waals surface area contributed by atoms with Crippen LogP contribution < -0.4 is 16.0 Å². The fourth-order valence-corrected chi connectivity index (χ4v) is 4.95. The molecule has 1 aromatic carbocycles. The normalized spacial score (nSPS) is 17.5. The quantitative estimate of drug-likeness (QED) is 0.415. The number of carbonyl (C=O) groups is 3. The predicted molar refractivity (Wildman–Crippen MR) is 146 cm³/mol. The fraction of sp³-hybridized carbons (Fsp3) is 0.321. The van der Waals surface area contributed by atoms with Gasteiger partial charge in [-0.15, -0.1) is 0 Å². The van der Waals surface area contributed by atoms with Gasteiger partial charge in [0.05, 0.1) is 12.0 Å². The third-order valence-corrected chi connectivity index (χ3v) is 6.95. The summed E-state index contributed by atoms with van der Waals surface area (Å²) in [6.07, 6.45) is 4.86. The van der Waals surface area contributed by atoms with Gasteiger partial charge in [-0.05, 0) is 67.3 Å². The molecule has 4 amide bonds. The van der Waals surface area contributed by atoms with Crippen LogP contribution in [0, 0.1) is 12.8 Å². The number of hydrogen-bond donors (Lipinski definition) is 2. The van der Waals surface area contributed by atoms with Gasteiger partial charge in [-0.2, -0.15) is 0 Å². The number of benzene rings is 1. The number of amides is 4. The molecule has 0 unspecified atom stereocenters. The van der Waals surface area contributed by atoms with Crippen molar-refractivity contribution in [3.05, 3.63) is 82.8 Å². The van der Waals surface area contributed by atoms with Crippen molar-refractivity contribution in [3.8, 4) is 0 Å². The molecule has 3 atom stereocenters. The molecule has 4 rings (SSSR count). The van der Waals surface area contributed by atoms with E-state index in [1.165, 1.54) is 4.90 Å². The number of likely N-dealkylation sites (tertiary alicyclic amines) is 1. The molecule has 1 fully saturated rings. The van der Waals surface area contributed by atoms with Crippen molar-refractivity contribution in [2.45, 2.75) is 45.2 Å². The van der Waals surface area contributed by atoms with Crippen LogP contribution in [0.1, 0.15) is 42.6 Å². The highest BCUT2D eigenvalue weighted by atomic mass is 35.5. The number of aryl methyl sites for hydroxylation is 1. The SMILES string of the molecule is CCC[C@@H](NC(=O)N1C(=O)[C@H](Cc2ccnc(N)c2)[C@H]1C(=O)N(C)c1ccnc(C)c1)c1cccc(Cl)c1. The second kappa shape index (κ2) is 11.6. The number of β-lactam (4-membered cyclic amide) rings is 1. The van der Waals surface area contributed by atoms with E-state index in [1.54, 1.807) is 55.8 Å². The summed E-state index contributed by atoms with van der Waals surface area (Å²) in [5.41, 5.74) is 8.78. The fourth-order valence-electron chi connectivity index (χ4n) is 4.75. The molecule has 3 aromatic rings. The Labute approximate surface area is 227 Å². The van der Waals surface area contributed by atoms with Gasteiger partial charge < -0.3 is 16.0 Å². The second-order valence-corrected chi connectivity index (χ2v) is 9.89. The Bertz CT molecular complexity index is 1350. The Hall–Kier alpha value is -3.98. The monoisotopic (exact) mass is 534 g/mol. The third kappa shape index (κ3) is 5.78. The molecule has 38 heavy (non-hydrogen) atoms. The summed E-state index contributed by atoms with van der Waals surface area (Å²) in [6, 6.07) is 12.2. The number of nitrogen functional groups attached to an aromatic ring is 1. The van der Waals surface area contributed by atoms with E-state index in [4.69, 9.17) is 17.3 Å². The van der Waals surface area contributed by atoms with E-state index in [-0.39, 0.29) is 18.4 Å². The van der Waals surface area contributed by atoms with E-state index < -0.39 is 23.9 Å². The van der Waals surface area contributed by atoms with E-state index in [2.05, 4.69) is 15.3 Å². The molecule has 10 heteroatoms. The number of pyridine rings is 2. The van der Waals surface area contributed by atoms with E-state index in [1.807, 2.05) is 26.0 Å². The number of halogens is 1. The first-order chi connectivity index (χ1) is 18.2. The van der Waals surface area contributed by atoms with Gasteiger partial charge >= 0.3 is 6.03 Å². The standard InChI is InChI=1S/C28H31ClN6O3/c1-4-6-23(19-7-5-8-20(29)16-19)33-28(38)35-25(27(37)34(3)21-10-12-31-17(2)13-21)22(26(35)36)14-18-9-11-32-24(30)15-18/h5,7-13,15-16,22-23,25H,4,6,14H2,1-3H3,(H2,30,32)(H,33,38)/t22-,23-,25+/m1/s1. The van der Waals surface area contributed by atoms with Crippen LogP contribution in [0.15, 0.2) is 60.9 Å². The van der Waals surface area contributed by atoms with E-state index >= 15 is 0 Å². The van der Waals surface area contributed by atoms with Crippen LogP contribution in [0.3, 0.4) is 0 Å². The lowest BCUT2D eigenvalue weighted by Crippen LogP contribution is -2.70. The number of rotatable bonds is 8. The van der Waals surface area contributed by atoms with Gasteiger partial charge in [0, 0.05) is 35.8 Å². The molecule has 0 radical (unpaired) electrons. The highest BCUT2D eigenvalue weighted by Crippen LogP contribution is 2.34. The van der Waals surface area contributed by atoms with Crippen molar-refractivity contribution in [2.24, 2.45) is 5.92 Å². The molecule has 0 aliphatic carbocycles. The molecule has 198 valence electrons. The Kier molecular flexibility index (Phi) is 8.26. The smallest absolute Gasteiger partial charge is 0.325 e. The Morgan fingerprint density at radius 3 is 2.61 bits per heavy atom. The molecule has 2 aromatic heterocycles. The summed E-state index contributed by atoms with van der Waals surface area (Å²) in [6.45, 7) is 3.84. The summed E-state index contributed by atoms with van der Waals surface area (Å²) >= 11 is 6.18. The first-order valence-corrected chi connectivity index (χ1v) is 12.9. The molecule has 1 saturated heterocycles. The number of urea groups is 1. The number of nitrogens with zero attached hydrogens (tertiary/aromatic N) is 4. The number of nitrogens with two attached hydrogens (primary N) is 1. The zero-order valence-corrected chi connectivity index (χ0v) is 22.4. The predicted octanol–water partition coefficient (Wildman–Crippen LogP) is 4.30. The van der Waals surface area contributed by atoms with Gasteiger partial charge in [-0.1, -0.05) is 37.1 Å². The number of imide groups is 1. The minimum Gasteiger partial charge on any atom is -0.384 e. The van der Waals surface area contributed by atoms with Gasteiger partial charge in [0.15, 0.2) is 0 Å². The number of nitrogens with one attached hydrogen (secondary N) is 1. The molecule has 3 heterocycles. The highest BCUT2D eigenvalue weighted by molar-refractivity contribution is 6.30. The molecule has 1 aliphatic heterocycles. The van der Waals surface area contributed by atoms with E-state index in [9.17, 15) is 14.4 Å². The topological polar surface area (TPSA) is 122 Å². The van der Waals surface area contributed by atoms with Crippen molar-refractivity contribution >= 4 is 41.0 Å². The lowest BCUT2D eigenvalue weighted by molar-refractivity contribution is -0.156. The number of anilines is 2. The maximum Gasteiger partial charge on any atom is 0.325 e. The van der Waals surface area contributed by atoms with Crippen molar-refractivity contribution < 1.29 is 14.4 Å². The Balaban J connectivity index is 1.62. The molecule has 0 saturated carbocycles. The van der Waals surface area contributed by atoms with Crippen LogP contribution in [0.5, 0.6) is 0 Å². The Morgan fingerprint density at radius 1 is 1.16 bits per heavy atom. The Morgan fingerprint density at radius 2 is 1.92 bits per heavy atom. The maximum absolute atomic E-state index is 13.8. The zero-order valence-electron chi connectivity index (χ0n) is 21.6. The van der Waals surface area contributed by atoms with Crippen molar-refractivity contribution in [3.63, 3.8) is 0 Å². The number of hydrogen-bond acceptors (Lipinski definition) is 6. The van der Waals surface area contributed by atoms with Crippen LogP contribution in [-0.4, -0.2) is 45.8 Å². The summed E-state index contributed by atoms with van der Waals surface area (Å²) in [7, 11) is 1.63. The average molecular weight is 535 g/mol. The van der Waals surface area contributed by atoms with Gasteiger partial charge in [0.25, 0.3) is 5.91 Å². The zero-order chi connectivity index (χ0) is 27.4. The van der Waals surface area contributed by atoms with E-state index in [0.717, 1.165) is 28.1 Å². The minimum absolute atomic E-state index is 0.252. The largest absolute Gasteiger partial charge is 0.384 e. The van der Waals surface area contributed by atoms with Crippen molar-refractivity contribution in [1.82, 2.24) is 20.2 Å². The molecule has 1 aliphatic rings. The summed E-state index contributed by atoms with van der Waals surface area (Å²) < 4.78 is 0. The number of carbonyl (C=O) groups excluding carboxylic acids is 3. The van der Waals surface area contributed by atoms with Crippen LogP contribution in [0.2, 0.25) is 5.02 Å². The van der Waals surface area contributed by atoms with Gasteiger partial charge in [0.1, 0.15) is 11.9 Å². The second-order valence-electron chi connectivity index (χ2n) is 9.45. The minimum atomic E-state index is -0.989. The first kappa shape index (κ1) is 27.1. The van der Waals surface area contributed by atoms with Gasteiger partial charge in [-0.3, -0.25) is 19.5 Å².